The Morgan fingerprint density at radius 3 is 2.65 bits per heavy atom. The molecule has 4 heterocycles. The second-order valence-electron chi connectivity index (χ2n) is 11.7. The van der Waals surface area contributed by atoms with Crippen molar-refractivity contribution >= 4 is 23.2 Å². The Kier molecular flexibility index (Phi) is 9.55. The first-order chi connectivity index (χ1) is 22.3. The Morgan fingerprint density at radius 2 is 1.98 bits per heavy atom. The fourth-order valence-electron chi connectivity index (χ4n) is 6.00. The van der Waals surface area contributed by atoms with E-state index in [0.29, 0.717) is 23.4 Å². The van der Waals surface area contributed by atoms with E-state index in [-0.39, 0.29) is 30.8 Å². The average molecular weight is 633 g/mol. The van der Waals surface area contributed by atoms with Gasteiger partial charge in [-0.25, -0.2) is 14.4 Å². The van der Waals surface area contributed by atoms with Crippen LogP contribution in [0, 0.1) is 18.3 Å². The summed E-state index contributed by atoms with van der Waals surface area (Å²) in [5.74, 6) is 0.172. The number of benzene rings is 2. The van der Waals surface area contributed by atoms with Crippen LogP contribution in [0.25, 0.3) is 11.4 Å². The molecule has 3 aliphatic heterocycles. The maximum Gasteiger partial charge on any atom is 0.253 e. The third kappa shape index (κ3) is 6.87. The Morgan fingerprint density at radius 1 is 1.17 bits per heavy atom. The quantitative estimate of drug-likeness (QED) is 0.314. The lowest BCUT2D eigenvalue weighted by atomic mass is 10.0. The van der Waals surface area contributed by atoms with Crippen molar-refractivity contribution in [1.29, 1.82) is 5.26 Å². The fraction of sp³-hybridized carbons (Fsp3) is 0.469. The number of piperidine rings is 1. The van der Waals surface area contributed by atoms with Crippen LogP contribution >= 0.6 is 0 Å². The number of alkyl halides is 1. The van der Waals surface area contributed by atoms with E-state index in [0.717, 1.165) is 55.5 Å². The summed E-state index contributed by atoms with van der Waals surface area (Å²) in [5.41, 5.74) is 3.93. The third-order valence-electron chi connectivity index (χ3n) is 8.70. The first-order valence-electron chi connectivity index (χ1n) is 15.4. The number of nitriles is 1. The van der Waals surface area contributed by atoms with Gasteiger partial charge in [0.15, 0.2) is 18.1 Å². The van der Waals surface area contributed by atoms with Crippen LogP contribution in [0.1, 0.15) is 17.5 Å². The summed E-state index contributed by atoms with van der Waals surface area (Å²) in [7, 11) is 0. The van der Waals surface area contributed by atoms with Crippen molar-refractivity contribution in [1.82, 2.24) is 24.8 Å². The van der Waals surface area contributed by atoms with Gasteiger partial charge in [0.05, 0.1) is 38.0 Å². The summed E-state index contributed by atoms with van der Waals surface area (Å²) in [6.45, 7) is 6.90. The van der Waals surface area contributed by atoms with Crippen LogP contribution in [0.5, 0.6) is 5.75 Å². The van der Waals surface area contributed by atoms with Crippen molar-refractivity contribution in [2.24, 2.45) is 0 Å². The highest BCUT2D eigenvalue weighted by atomic mass is 19.1. The zero-order valence-electron chi connectivity index (χ0n) is 25.5. The molecule has 0 saturated carbocycles. The predicted molar refractivity (Wildman–Crippen MR) is 166 cm³/mol. The zero-order valence-corrected chi connectivity index (χ0v) is 25.5. The fourth-order valence-corrected chi connectivity index (χ4v) is 6.00. The highest BCUT2D eigenvalue weighted by Crippen LogP contribution is 2.30. The Balaban J connectivity index is 1.09. The normalized spacial score (nSPS) is 21.3. The first-order valence-corrected chi connectivity index (χ1v) is 15.4. The number of ether oxygens (including phenoxy) is 2. The second-order valence-corrected chi connectivity index (χ2v) is 11.7. The smallest absolute Gasteiger partial charge is 0.253 e. The molecule has 3 aromatic rings. The maximum absolute atomic E-state index is 14.9. The minimum absolute atomic E-state index is 0.150. The SMILES string of the molecule is Cc1cc(Nc2ncnc(-c3ccc(O[C@H]4CCN(C(=O)[C@@H](O)CO)C[C@@H]4F)c(C#N)c3)n2)ccc1N1CCN(C2COC2)CC1. The zero-order chi connectivity index (χ0) is 32.2. The number of aromatic nitrogens is 3. The molecule has 0 spiro atoms. The minimum Gasteiger partial charge on any atom is -0.486 e. The van der Waals surface area contributed by atoms with E-state index in [2.05, 4.69) is 55.2 Å². The Hall–Kier alpha value is -4.42. The van der Waals surface area contributed by atoms with E-state index in [4.69, 9.17) is 14.6 Å². The van der Waals surface area contributed by atoms with Crippen LogP contribution in [0.3, 0.4) is 0 Å². The van der Waals surface area contributed by atoms with Crippen molar-refractivity contribution in [2.45, 2.75) is 37.8 Å². The number of aliphatic hydroxyl groups is 2. The molecule has 3 aliphatic rings. The van der Waals surface area contributed by atoms with Crippen LogP contribution in [-0.4, -0.2) is 124 Å². The van der Waals surface area contributed by atoms with E-state index >= 15 is 0 Å². The van der Waals surface area contributed by atoms with Gasteiger partial charge in [-0.2, -0.15) is 10.2 Å². The predicted octanol–water partition coefficient (Wildman–Crippen LogP) is 1.65. The molecule has 2 aromatic carbocycles. The number of amides is 1. The number of rotatable bonds is 9. The van der Waals surface area contributed by atoms with Gasteiger partial charge >= 0.3 is 0 Å². The summed E-state index contributed by atoms with van der Waals surface area (Å²) in [5, 5.41) is 31.7. The molecule has 46 heavy (non-hydrogen) atoms. The van der Waals surface area contributed by atoms with Gasteiger partial charge in [-0.3, -0.25) is 9.69 Å². The summed E-state index contributed by atoms with van der Waals surface area (Å²) < 4.78 is 26.1. The number of aryl methyl sites for hydroxylation is 1. The second kappa shape index (κ2) is 13.9. The molecule has 3 fully saturated rings. The number of nitrogens with one attached hydrogen (secondary N) is 1. The van der Waals surface area contributed by atoms with Crippen LogP contribution in [-0.2, 0) is 9.53 Å². The molecular formula is C32H37FN8O5. The number of piperazine rings is 1. The largest absolute Gasteiger partial charge is 0.486 e. The van der Waals surface area contributed by atoms with Crippen molar-refractivity contribution in [2.75, 3.05) is 69.3 Å². The lowest BCUT2D eigenvalue weighted by Gasteiger charge is -2.43. The van der Waals surface area contributed by atoms with Gasteiger partial charge in [0.2, 0.25) is 5.95 Å². The number of anilines is 3. The maximum atomic E-state index is 14.9. The van der Waals surface area contributed by atoms with E-state index < -0.39 is 30.9 Å². The first kappa shape index (κ1) is 31.6. The molecule has 14 heteroatoms. The van der Waals surface area contributed by atoms with Crippen LogP contribution < -0.4 is 15.0 Å². The van der Waals surface area contributed by atoms with E-state index in [9.17, 15) is 19.6 Å². The van der Waals surface area contributed by atoms with Gasteiger partial charge in [0, 0.05) is 56.1 Å². The summed E-state index contributed by atoms with van der Waals surface area (Å²) in [6.07, 6.45) is -2.45. The number of carbonyl (C=O) groups is 1. The topological polar surface area (TPSA) is 160 Å². The number of carbonyl (C=O) groups excluding carboxylic acids is 1. The standard InChI is InChI=1S/C32H37FN8O5/c1-20-12-23(3-4-26(20)40-10-8-39(9-11-40)24-17-45-18-24)37-32-36-19-35-30(38-32)21-2-5-28(22(13-21)14-34)46-29-6-7-41(15-25(29)33)31(44)27(43)16-42/h2-5,12-13,19,24-25,27,29,42-43H,6-11,15-18H2,1H3,(H,35,36,37,38)/t25-,27-,29-/m0/s1. The molecule has 0 unspecified atom stereocenters. The molecule has 242 valence electrons. The molecule has 3 saturated heterocycles. The lowest BCUT2D eigenvalue weighted by Crippen LogP contribution is -2.56. The lowest BCUT2D eigenvalue weighted by molar-refractivity contribution is -0.146. The third-order valence-corrected chi connectivity index (χ3v) is 8.70. The molecule has 13 nitrogen and oxygen atoms in total. The van der Waals surface area contributed by atoms with Gasteiger partial charge < -0.3 is 34.8 Å². The van der Waals surface area contributed by atoms with Gasteiger partial charge in [0.1, 0.15) is 24.3 Å². The van der Waals surface area contributed by atoms with Gasteiger partial charge in [-0.05, 0) is 48.9 Å². The van der Waals surface area contributed by atoms with E-state index in [1.165, 1.54) is 12.0 Å². The molecule has 1 aromatic heterocycles. The minimum atomic E-state index is -1.58. The molecule has 0 aliphatic carbocycles. The summed E-state index contributed by atoms with van der Waals surface area (Å²) in [4.78, 5) is 31.3. The van der Waals surface area contributed by atoms with Crippen molar-refractivity contribution in [3.8, 4) is 23.2 Å². The van der Waals surface area contributed by atoms with Crippen LogP contribution in [0.2, 0.25) is 0 Å². The van der Waals surface area contributed by atoms with Crippen molar-refractivity contribution in [3.05, 3.63) is 53.9 Å². The monoisotopic (exact) mass is 632 g/mol. The van der Waals surface area contributed by atoms with Crippen molar-refractivity contribution in [3.63, 3.8) is 0 Å². The molecule has 0 bridgehead atoms. The summed E-state index contributed by atoms with van der Waals surface area (Å²) in [6, 6.07) is 13.7. The number of likely N-dealkylation sites (tertiary alicyclic amines) is 1. The van der Waals surface area contributed by atoms with E-state index in [1.54, 1.807) is 18.2 Å². The Labute approximate surface area is 266 Å². The number of hydrogen-bond donors (Lipinski definition) is 3. The number of nitrogens with zero attached hydrogens (tertiary/aromatic N) is 7. The van der Waals surface area contributed by atoms with Crippen molar-refractivity contribution < 1.29 is 28.9 Å². The number of aliphatic hydroxyl groups excluding tert-OH is 2. The van der Waals surface area contributed by atoms with Gasteiger partial charge in [-0.15, -0.1) is 0 Å². The summed E-state index contributed by atoms with van der Waals surface area (Å²) >= 11 is 0. The number of halogens is 1. The number of hydrogen-bond acceptors (Lipinski definition) is 12. The van der Waals surface area contributed by atoms with Crippen LogP contribution in [0.15, 0.2) is 42.7 Å². The average Bonchev–Trinajstić information content (AvgIpc) is 3.05. The molecule has 3 atom stereocenters. The Bertz CT molecular complexity index is 1590. The molecule has 6 rings (SSSR count). The van der Waals surface area contributed by atoms with Gasteiger partial charge in [-0.1, -0.05) is 0 Å². The van der Waals surface area contributed by atoms with E-state index in [1.807, 2.05) is 6.07 Å². The highest BCUT2D eigenvalue weighted by Gasteiger charge is 2.35. The molecule has 1 amide bonds. The van der Waals surface area contributed by atoms with Gasteiger partial charge in [0.25, 0.3) is 5.91 Å². The molecule has 3 N–H and O–H groups in total. The van der Waals surface area contributed by atoms with Crippen LogP contribution in [0.4, 0.5) is 21.7 Å². The highest BCUT2D eigenvalue weighted by molar-refractivity contribution is 5.81. The molecular weight excluding hydrogens is 595 g/mol. The molecule has 0 radical (unpaired) electrons.